The van der Waals surface area contributed by atoms with Crippen molar-refractivity contribution in [1.82, 2.24) is 47.5 Å². The summed E-state index contributed by atoms with van der Waals surface area (Å²) in [4.78, 5) is 149. The molecule has 1 aromatic heterocycles. The Kier molecular flexibility index (Phi) is 25.7. The summed E-state index contributed by atoms with van der Waals surface area (Å²) in [5.41, 5.74) is 18.0. The molecule has 16 N–H and O–H groups in total. The van der Waals surface area contributed by atoms with Crippen molar-refractivity contribution in [2.75, 3.05) is 0 Å². The number of hydrogen-bond acceptors (Lipinski definition) is 12. The summed E-state index contributed by atoms with van der Waals surface area (Å²) in [6.07, 6.45) is 0.576. The van der Waals surface area contributed by atoms with Crippen molar-refractivity contribution in [3.05, 3.63) is 36.0 Å². The van der Waals surface area contributed by atoms with E-state index in [9.17, 15) is 57.8 Å². The average Bonchev–Trinajstić information content (AvgIpc) is 3.72. The number of carbonyl (C=O) groups excluding carboxylic acids is 10. The Morgan fingerprint density at radius 3 is 1.45 bits per heavy atom. The Bertz CT molecular complexity index is 2300. The molecule has 1 aromatic carbocycles. The molecule has 0 bridgehead atoms. The number of nitrogens with one attached hydrogen (secondary N) is 9. The number of para-hydroxylation sites is 1. The van der Waals surface area contributed by atoms with Crippen molar-refractivity contribution in [2.24, 2.45) is 40.9 Å². The molecule has 2 rings (SSSR count). The first kappa shape index (κ1) is 63.0. The molecular formula is C50H80N12O12. The fourth-order valence-corrected chi connectivity index (χ4v) is 7.76. The maximum absolute atomic E-state index is 14.4. The predicted octanol–water partition coefficient (Wildman–Crippen LogP) is -0.634. The summed E-state index contributed by atoms with van der Waals surface area (Å²) in [5.74, 6) is -10.7. The Labute approximate surface area is 432 Å². The second kappa shape index (κ2) is 30.2. The molecule has 0 aliphatic carbocycles. The molecule has 10 atom stereocenters. The molecule has 0 saturated heterocycles. The predicted molar refractivity (Wildman–Crippen MR) is 274 cm³/mol. The van der Waals surface area contributed by atoms with E-state index in [0.717, 1.165) is 10.9 Å². The van der Waals surface area contributed by atoms with Crippen molar-refractivity contribution in [2.45, 2.75) is 175 Å². The summed E-state index contributed by atoms with van der Waals surface area (Å²) < 4.78 is 0. The van der Waals surface area contributed by atoms with Crippen LogP contribution in [-0.4, -0.2) is 130 Å². The lowest BCUT2D eigenvalue weighted by atomic mass is 9.95. The van der Waals surface area contributed by atoms with Crippen LogP contribution in [0.25, 0.3) is 10.9 Å². The Morgan fingerprint density at radius 1 is 0.541 bits per heavy atom. The van der Waals surface area contributed by atoms with Crippen molar-refractivity contribution in [3.63, 3.8) is 0 Å². The van der Waals surface area contributed by atoms with E-state index >= 15 is 0 Å². The van der Waals surface area contributed by atoms with Gasteiger partial charge in [0, 0.05) is 36.4 Å². The lowest BCUT2D eigenvalue weighted by molar-refractivity contribution is -0.144. The number of H-pyrrole nitrogens is 1. The van der Waals surface area contributed by atoms with Crippen LogP contribution in [0.3, 0.4) is 0 Å². The van der Waals surface area contributed by atoms with Gasteiger partial charge in [-0.15, -0.1) is 0 Å². The van der Waals surface area contributed by atoms with Gasteiger partial charge in [-0.2, -0.15) is 0 Å². The highest BCUT2D eigenvalue weighted by Crippen LogP contribution is 2.20. The number of fused-ring (bicyclic) bond motifs is 1. The molecule has 0 saturated carbocycles. The van der Waals surface area contributed by atoms with E-state index in [1.807, 2.05) is 19.9 Å². The molecular weight excluding hydrogens is 961 g/mol. The number of nitrogens with two attached hydrogens (primary N) is 3. The molecule has 24 nitrogen and oxygen atoms in total. The van der Waals surface area contributed by atoms with Crippen LogP contribution >= 0.6 is 0 Å². The first-order valence-corrected chi connectivity index (χ1v) is 25.1. The number of hydrogen-bond donors (Lipinski definition) is 13. The molecule has 1 heterocycles. The van der Waals surface area contributed by atoms with Crippen molar-refractivity contribution in [1.29, 1.82) is 0 Å². The van der Waals surface area contributed by atoms with Crippen molar-refractivity contribution in [3.8, 4) is 0 Å². The summed E-state index contributed by atoms with van der Waals surface area (Å²) in [7, 11) is 0. The van der Waals surface area contributed by atoms with Crippen LogP contribution in [0.1, 0.15) is 120 Å². The maximum Gasteiger partial charge on any atom is 0.326 e. The lowest BCUT2D eigenvalue weighted by Gasteiger charge is -2.29. The first-order chi connectivity index (χ1) is 34.6. The molecule has 0 spiro atoms. The zero-order chi connectivity index (χ0) is 56.1. The third-order valence-electron chi connectivity index (χ3n) is 12.2. The highest BCUT2D eigenvalue weighted by atomic mass is 16.4. The van der Waals surface area contributed by atoms with E-state index in [2.05, 4.69) is 47.5 Å². The van der Waals surface area contributed by atoms with Crippen LogP contribution < -0.4 is 59.7 Å². The Hall–Kier alpha value is -7.11. The number of rotatable bonds is 32. The second-order valence-corrected chi connectivity index (χ2v) is 20.1. The van der Waals surface area contributed by atoms with Gasteiger partial charge < -0.3 is 69.8 Å². The highest BCUT2D eigenvalue weighted by molar-refractivity contribution is 5.98. The summed E-state index contributed by atoms with van der Waals surface area (Å²) in [6, 6.07) is -4.45. The molecule has 0 aliphatic heterocycles. The third-order valence-corrected chi connectivity index (χ3v) is 12.2. The molecule has 24 heteroatoms. The average molecular weight is 1040 g/mol. The summed E-state index contributed by atoms with van der Waals surface area (Å²) in [5, 5.41) is 31.0. The third kappa shape index (κ3) is 20.8. The summed E-state index contributed by atoms with van der Waals surface area (Å²) >= 11 is 0. The van der Waals surface area contributed by atoms with E-state index in [0.29, 0.717) is 12.0 Å². The van der Waals surface area contributed by atoms with E-state index in [1.54, 1.807) is 65.9 Å². The molecule has 74 heavy (non-hydrogen) atoms. The van der Waals surface area contributed by atoms with Gasteiger partial charge in [-0.3, -0.25) is 47.9 Å². The summed E-state index contributed by atoms with van der Waals surface area (Å²) in [6.45, 7) is 16.7. The van der Waals surface area contributed by atoms with Gasteiger partial charge in [-0.05, 0) is 74.8 Å². The van der Waals surface area contributed by atoms with Gasteiger partial charge in [0.2, 0.25) is 59.1 Å². The fraction of sp³-hybridized carbons (Fsp3) is 0.620. The Morgan fingerprint density at radius 2 is 0.973 bits per heavy atom. The van der Waals surface area contributed by atoms with Crippen LogP contribution in [0.5, 0.6) is 0 Å². The van der Waals surface area contributed by atoms with Crippen molar-refractivity contribution < 1.29 is 57.8 Å². The molecule has 412 valence electrons. The van der Waals surface area contributed by atoms with Crippen LogP contribution in [0.2, 0.25) is 0 Å². The van der Waals surface area contributed by atoms with Gasteiger partial charge in [0.1, 0.15) is 48.3 Å². The SMILES string of the molecule is CC[C@H](C)[C@H](NC(=O)[C@H](CC(C)C)NC(=O)[C@H](C)NC(=O)[C@H](CCC(N)=O)NC(=O)[C@H](CCC(N)=O)NC(=O)[C@H](Cc1c[nH]c2ccccc12)NC(=O)[C@H](CC(C)C)NC(=O)[C@H](C)N)C(=O)N[C@H](C(=O)O)C(C)C. The number of carboxylic acids is 1. The Balaban J connectivity index is 2.44. The molecule has 0 aliphatic rings. The molecule has 0 unspecified atom stereocenters. The second-order valence-electron chi connectivity index (χ2n) is 20.1. The number of carboxylic acid groups (broad SMARTS) is 1. The largest absolute Gasteiger partial charge is 0.480 e. The number of amides is 10. The maximum atomic E-state index is 14.4. The minimum atomic E-state index is -1.58. The fourth-order valence-electron chi connectivity index (χ4n) is 7.76. The number of benzene rings is 1. The minimum Gasteiger partial charge on any atom is -0.480 e. The number of aromatic nitrogens is 1. The smallest absolute Gasteiger partial charge is 0.326 e. The van der Waals surface area contributed by atoms with Gasteiger partial charge in [0.25, 0.3) is 0 Å². The van der Waals surface area contributed by atoms with Crippen LogP contribution in [0.4, 0.5) is 0 Å². The molecule has 0 fully saturated rings. The standard InChI is InChI=1S/C50H80N12O12/c1-11-27(8)41(49(72)61-40(26(6)7)50(73)74)62-48(71)36(21-25(4)5)59-43(66)29(10)55-44(67)33(16-18-38(52)63)56-45(68)34(17-19-39(53)64)57-47(70)37(22-30-23-54-32-15-13-12-14-31(30)32)60-46(69)35(20-24(2)3)58-42(65)28(9)51/h12-15,23-29,33-37,40-41,54H,11,16-22,51H2,1-10H3,(H2,52,63)(H2,53,64)(H,55,67)(H,56,68)(H,57,70)(H,58,65)(H,59,66)(H,60,69)(H,61,72)(H,62,71)(H,73,74)/t27-,28-,29-,33-,34-,35-,36-,37-,40-,41-/m0/s1. The van der Waals surface area contributed by atoms with Crippen LogP contribution in [-0.2, 0) is 59.2 Å². The zero-order valence-electron chi connectivity index (χ0n) is 44.2. The molecule has 10 amide bonds. The van der Waals surface area contributed by atoms with Crippen molar-refractivity contribution >= 4 is 75.9 Å². The number of primary amides is 2. The number of aromatic amines is 1. The first-order valence-electron chi connectivity index (χ1n) is 25.1. The van der Waals surface area contributed by atoms with E-state index in [-0.39, 0.29) is 37.5 Å². The normalized spacial score (nSPS) is 15.4. The van der Waals surface area contributed by atoms with Gasteiger partial charge in [-0.25, -0.2) is 4.79 Å². The quantitative estimate of drug-likeness (QED) is 0.0435. The van der Waals surface area contributed by atoms with Crippen LogP contribution in [0, 0.1) is 23.7 Å². The highest BCUT2D eigenvalue weighted by Gasteiger charge is 2.36. The lowest BCUT2D eigenvalue weighted by Crippen LogP contribution is -2.61. The van der Waals surface area contributed by atoms with E-state index in [4.69, 9.17) is 17.2 Å². The topological polar surface area (TPSA) is 398 Å². The van der Waals surface area contributed by atoms with Gasteiger partial charge in [0.05, 0.1) is 6.04 Å². The van der Waals surface area contributed by atoms with Gasteiger partial charge in [-0.1, -0.05) is 80.0 Å². The van der Waals surface area contributed by atoms with Gasteiger partial charge >= 0.3 is 5.97 Å². The van der Waals surface area contributed by atoms with Crippen LogP contribution in [0.15, 0.2) is 30.5 Å². The molecule has 2 aromatic rings. The van der Waals surface area contributed by atoms with E-state index in [1.165, 1.54) is 13.8 Å². The number of carbonyl (C=O) groups is 11. The minimum absolute atomic E-state index is 0.0848. The van der Waals surface area contributed by atoms with Gasteiger partial charge in [0.15, 0.2) is 0 Å². The monoisotopic (exact) mass is 1040 g/mol. The zero-order valence-corrected chi connectivity index (χ0v) is 44.2. The van der Waals surface area contributed by atoms with E-state index < -0.39 is 151 Å². The number of aliphatic carboxylic acids is 1. The molecule has 0 radical (unpaired) electrons.